The van der Waals surface area contributed by atoms with Crippen LogP contribution in [0.4, 0.5) is 11.4 Å². The molecule has 37 heavy (non-hydrogen) atoms. The molecule has 0 aliphatic carbocycles. The Balaban J connectivity index is 2.09. The van der Waals surface area contributed by atoms with E-state index in [0.29, 0.717) is 16.3 Å². The lowest BCUT2D eigenvalue weighted by atomic mass is 9.81. The van der Waals surface area contributed by atoms with Gasteiger partial charge in [-0.15, -0.1) is 11.3 Å². The number of nitrogen functional groups attached to an aromatic ring is 1. The minimum absolute atomic E-state index is 0.250. The second-order valence-corrected chi connectivity index (χ2v) is 11.5. The van der Waals surface area contributed by atoms with E-state index < -0.39 is 17.2 Å². The number of rotatable bonds is 7. The molecule has 0 saturated carbocycles. The van der Waals surface area contributed by atoms with E-state index in [0.717, 1.165) is 43.2 Å². The maximum Gasteiger partial charge on any atom is 0.340 e. The van der Waals surface area contributed by atoms with Crippen LogP contribution in [0.15, 0.2) is 48.5 Å². The molecule has 1 heterocycles. The molecular formula is C29H32ClN3O3S. The molecule has 0 saturated heterocycles. The molecule has 0 amide bonds. The van der Waals surface area contributed by atoms with Gasteiger partial charge in [-0.1, -0.05) is 30.7 Å². The number of hydrogen-bond donors (Lipinski definition) is 3. The van der Waals surface area contributed by atoms with Gasteiger partial charge in [0.1, 0.15) is 5.01 Å². The maximum absolute atomic E-state index is 13.0. The summed E-state index contributed by atoms with van der Waals surface area (Å²) < 4.78 is 7.29. The summed E-state index contributed by atoms with van der Waals surface area (Å²) in [5.41, 5.74) is 10.2. The number of halogens is 1. The molecule has 4 rings (SSSR count). The van der Waals surface area contributed by atoms with Crippen molar-refractivity contribution in [2.24, 2.45) is 0 Å². The number of aryl methyl sites for hydroxylation is 1. The first-order valence-electron chi connectivity index (χ1n) is 12.1. The van der Waals surface area contributed by atoms with Gasteiger partial charge < -0.3 is 20.9 Å². The third-order valence-corrected chi connectivity index (χ3v) is 7.70. The number of anilines is 2. The monoisotopic (exact) mass is 537 g/mol. The minimum Gasteiger partial charge on any atom is -0.479 e. The topological polar surface area (TPSA) is 97.5 Å². The molecule has 4 aromatic rings. The number of carbonyl (C=O) groups is 1. The molecule has 0 spiro atoms. The van der Waals surface area contributed by atoms with Crippen molar-refractivity contribution in [3.8, 4) is 21.7 Å². The summed E-state index contributed by atoms with van der Waals surface area (Å²) in [7, 11) is 1.83. The number of hydrogen-bond acceptors (Lipinski definition) is 6. The van der Waals surface area contributed by atoms with E-state index in [9.17, 15) is 9.90 Å². The summed E-state index contributed by atoms with van der Waals surface area (Å²) in [6.07, 6.45) is 0.250. The van der Waals surface area contributed by atoms with Gasteiger partial charge in [-0.05, 0) is 81.6 Å². The Morgan fingerprint density at radius 3 is 2.32 bits per heavy atom. The van der Waals surface area contributed by atoms with Crippen LogP contribution in [0.2, 0.25) is 5.02 Å². The number of aliphatic carboxylic acids is 1. The number of carboxylic acid groups (broad SMARTS) is 1. The number of aromatic nitrogens is 1. The Labute approximate surface area is 226 Å². The van der Waals surface area contributed by atoms with Crippen LogP contribution in [-0.4, -0.2) is 28.7 Å². The molecule has 0 radical (unpaired) electrons. The Hall–Kier alpha value is -3.13. The van der Waals surface area contributed by atoms with Crippen molar-refractivity contribution in [3.63, 3.8) is 0 Å². The van der Waals surface area contributed by atoms with Gasteiger partial charge in [-0.3, -0.25) is 0 Å². The normalized spacial score (nSPS) is 13.5. The van der Waals surface area contributed by atoms with E-state index in [2.05, 4.69) is 5.32 Å². The first kappa shape index (κ1) is 26.9. The van der Waals surface area contributed by atoms with E-state index in [1.807, 2.05) is 90.2 Å². The van der Waals surface area contributed by atoms with Gasteiger partial charge in [0.25, 0.3) is 0 Å². The average molecular weight is 538 g/mol. The molecule has 0 aliphatic heterocycles. The summed E-state index contributed by atoms with van der Waals surface area (Å²) in [5, 5.41) is 15.1. The quantitative estimate of drug-likeness (QED) is 0.209. The van der Waals surface area contributed by atoms with Gasteiger partial charge in [0.05, 0.1) is 27.2 Å². The SMILES string of the molecule is CCC(OC(C)(C)C)(C(=O)O)c1c(C)cc2nc(-c3ccc(NC)c(N)c3)sc2c1-c1ccc(Cl)cc1. The highest BCUT2D eigenvalue weighted by Gasteiger charge is 2.46. The molecule has 0 bridgehead atoms. The summed E-state index contributed by atoms with van der Waals surface area (Å²) in [5.74, 6) is -1.03. The van der Waals surface area contributed by atoms with Crippen LogP contribution in [0.3, 0.4) is 0 Å². The van der Waals surface area contributed by atoms with Gasteiger partial charge >= 0.3 is 5.97 Å². The van der Waals surface area contributed by atoms with Crippen LogP contribution >= 0.6 is 22.9 Å². The van der Waals surface area contributed by atoms with Crippen LogP contribution in [0.25, 0.3) is 31.9 Å². The first-order valence-corrected chi connectivity index (χ1v) is 13.3. The van der Waals surface area contributed by atoms with E-state index in [-0.39, 0.29) is 6.42 Å². The van der Waals surface area contributed by atoms with Crippen molar-refractivity contribution in [1.29, 1.82) is 0 Å². The smallest absolute Gasteiger partial charge is 0.340 e. The van der Waals surface area contributed by atoms with Gasteiger partial charge in [0.2, 0.25) is 0 Å². The van der Waals surface area contributed by atoms with E-state index in [4.69, 9.17) is 27.1 Å². The van der Waals surface area contributed by atoms with E-state index in [1.54, 1.807) is 0 Å². The van der Waals surface area contributed by atoms with Crippen molar-refractivity contribution in [3.05, 3.63) is 64.7 Å². The lowest BCUT2D eigenvalue weighted by Gasteiger charge is -2.38. The molecule has 3 aromatic carbocycles. The standard InChI is InChI=1S/C29H32ClN3O3S/c1-7-29(27(34)35,36-28(3,4)5)24-16(2)14-22-25(23(24)17-8-11-19(30)12-9-17)37-26(33-22)18-10-13-21(32-6)20(31)15-18/h8-15,32H,7,31H2,1-6H3,(H,34,35). The zero-order valence-electron chi connectivity index (χ0n) is 21.9. The summed E-state index contributed by atoms with van der Waals surface area (Å²) in [4.78, 5) is 17.9. The van der Waals surface area contributed by atoms with Gasteiger partial charge in [-0.25, -0.2) is 9.78 Å². The van der Waals surface area contributed by atoms with Gasteiger partial charge in [0, 0.05) is 28.8 Å². The summed E-state index contributed by atoms with van der Waals surface area (Å²) >= 11 is 7.73. The molecule has 4 N–H and O–H groups in total. The number of thiazole rings is 1. The highest BCUT2D eigenvalue weighted by Crippen LogP contribution is 2.48. The van der Waals surface area contributed by atoms with E-state index in [1.165, 1.54) is 11.3 Å². The molecule has 8 heteroatoms. The van der Waals surface area contributed by atoms with Crippen LogP contribution in [-0.2, 0) is 15.1 Å². The number of nitrogens with two attached hydrogens (primary N) is 1. The molecule has 194 valence electrons. The Morgan fingerprint density at radius 2 is 1.78 bits per heavy atom. The van der Waals surface area contributed by atoms with Crippen LogP contribution in [0.5, 0.6) is 0 Å². The highest BCUT2D eigenvalue weighted by molar-refractivity contribution is 7.22. The first-order chi connectivity index (χ1) is 17.4. The Bertz CT molecular complexity index is 1470. The number of nitrogens with one attached hydrogen (secondary N) is 1. The predicted molar refractivity (Wildman–Crippen MR) is 155 cm³/mol. The Kier molecular flexibility index (Phi) is 7.25. The third-order valence-electron chi connectivity index (χ3n) is 6.31. The molecule has 1 atom stereocenters. The maximum atomic E-state index is 13.0. The van der Waals surface area contributed by atoms with Crippen LogP contribution < -0.4 is 11.1 Å². The minimum atomic E-state index is -1.56. The third kappa shape index (κ3) is 5.04. The number of ether oxygens (including phenoxy) is 1. The molecule has 6 nitrogen and oxygen atoms in total. The fourth-order valence-corrected chi connectivity index (χ4v) is 6.02. The zero-order valence-corrected chi connectivity index (χ0v) is 23.5. The number of carboxylic acids is 1. The molecule has 0 aliphatic rings. The average Bonchev–Trinajstić information content (AvgIpc) is 3.25. The zero-order chi connectivity index (χ0) is 27.1. The lowest BCUT2D eigenvalue weighted by Crippen LogP contribution is -2.44. The van der Waals surface area contributed by atoms with Crippen molar-refractivity contribution < 1.29 is 14.6 Å². The lowest BCUT2D eigenvalue weighted by molar-refractivity contribution is -0.188. The fraction of sp³-hybridized carbons (Fsp3) is 0.310. The molecule has 1 aromatic heterocycles. The fourth-order valence-electron chi connectivity index (χ4n) is 4.78. The largest absolute Gasteiger partial charge is 0.479 e. The number of nitrogens with zero attached hydrogens (tertiary/aromatic N) is 1. The number of benzene rings is 3. The molecule has 0 fully saturated rings. The van der Waals surface area contributed by atoms with Crippen molar-refractivity contribution in [2.45, 2.75) is 52.2 Å². The van der Waals surface area contributed by atoms with E-state index >= 15 is 0 Å². The van der Waals surface area contributed by atoms with Crippen LogP contribution in [0, 0.1) is 6.92 Å². The number of fused-ring (bicyclic) bond motifs is 1. The Morgan fingerprint density at radius 1 is 1.14 bits per heavy atom. The molecular weight excluding hydrogens is 506 g/mol. The van der Waals surface area contributed by atoms with Gasteiger partial charge in [0.15, 0.2) is 5.60 Å². The second kappa shape index (κ2) is 9.97. The predicted octanol–water partition coefficient (Wildman–Crippen LogP) is 7.72. The van der Waals surface area contributed by atoms with Crippen molar-refractivity contribution in [2.75, 3.05) is 18.1 Å². The van der Waals surface area contributed by atoms with Crippen molar-refractivity contribution in [1.82, 2.24) is 4.98 Å². The molecule has 1 unspecified atom stereocenters. The summed E-state index contributed by atoms with van der Waals surface area (Å²) in [6, 6.07) is 15.2. The summed E-state index contributed by atoms with van der Waals surface area (Å²) in [6.45, 7) is 9.40. The van der Waals surface area contributed by atoms with Gasteiger partial charge in [-0.2, -0.15) is 0 Å². The second-order valence-electron chi connectivity index (χ2n) is 10.1. The highest BCUT2D eigenvalue weighted by atomic mass is 35.5. The van der Waals surface area contributed by atoms with Crippen molar-refractivity contribution >= 4 is 50.5 Å². The van der Waals surface area contributed by atoms with Crippen LogP contribution in [0.1, 0.15) is 45.2 Å².